The van der Waals surface area contributed by atoms with E-state index < -0.39 is 0 Å². The second kappa shape index (κ2) is 8.27. The number of benzene rings is 2. The molecule has 2 amide bonds. The number of likely N-dealkylation sites (tertiary alicyclic amines) is 1. The molecule has 0 atom stereocenters. The van der Waals surface area contributed by atoms with Crippen LogP contribution >= 0.6 is 0 Å². The Morgan fingerprint density at radius 1 is 1.00 bits per heavy atom. The van der Waals surface area contributed by atoms with E-state index in [2.05, 4.69) is 29.2 Å². The standard InChI is InChI=1S/C27H33N3O2/c1-28(2)24-11-9-21(10-12-24)25(31)29-15-13-27(14-16-29)17-22-5-3-4-6-23(22)19-30(26(27)32)18-20-7-8-20/h3-6,9-12,20H,7-8,13-19H2,1-2H3. The maximum atomic E-state index is 13.8. The number of carbonyl (C=O) groups is 2. The smallest absolute Gasteiger partial charge is 0.253 e. The Bertz CT molecular complexity index is 1000. The molecule has 0 N–H and O–H groups in total. The molecule has 0 unspecified atom stereocenters. The molecule has 3 aliphatic rings. The molecule has 2 aromatic carbocycles. The third-order valence-corrected chi connectivity index (χ3v) is 7.56. The van der Waals surface area contributed by atoms with Crippen LogP contribution < -0.4 is 4.90 Å². The molecule has 2 fully saturated rings. The number of amides is 2. The van der Waals surface area contributed by atoms with Gasteiger partial charge in [-0.3, -0.25) is 9.59 Å². The minimum Gasteiger partial charge on any atom is -0.378 e. The topological polar surface area (TPSA) is 43.9 Å². The van der Waals surface area contributed by atoms with Gasteiger partial charge in [-0.05, 0) is 73.4 Å². The highest BCUT2D eigenvalue weighted by Gasteiger charge is 2.47. The van der Waals surface area contributed by atoms with Crippen molar-refractivity contribution < 1.29 is 9.59 Å². The summed E-state index contributed by atoms with van der Waals surface area (Å²) < 4.78 is 0. The lowest BCUT2D eigenvalue weighted by Gasteiger charge is -2.42. The zero-order valence-electron chi connectivity index (χ0n) is 19.2. The number of carbonyl (C=O) groups excluding carboxylic acids is 2. The fraction of sp³-hybridized carbons (Fsp3) is 0.481. The number of hydrogen-bond acceptors (Lipinski definition) is 3. The Morgan fingerprint density at radius 2 is 1.66 bits per heavy atom. The third kappa shape index (κ3) is 4.01. The van der Waals surface area contributed by atoms with Crippen molar-refractivity contribution in [2.45, 2.75) is 38.6 Å². The van der Waals surface area contributed by atoms with E-state index in [-0.39, 0.29) is 11.3 Å². The zero-order chi connectivity index (χ0) is 22.3. The third-order valence-electron chi connectivity index (χ3n) is 7.56. The molecule has 0 aromatic heterocycles. The van der Waals surface area contributed by atoms with Crippen LogP contribution in [0.15, 0.2) is 48.5 Å². The number of rotatable bonds is 4. The van der Waals surface area contributed by atoms with E-state index in [1.165, 1.54) is 24.0 Å². The maximum Gasteiger partial charge on any atom is 0.253 e. The van der Waals surface area contributed by atoms with Crippen LogP contribution in [0.5, 0.6) is 0 Å². The lowest BCUT2D eigenvalue weighted by Crippen LogP contribution is -2.51. The first kappa shape index (κ1) is 21.0. The molecule has 32 heavy (non-hydrogen) atoms. The van der Waals surface area contributed by atoms with E-state index in [0.717, 1.165) is 43.6 Å². The van der Waals surface area contributed by atoms with Crippen LogP contribution in [0.25, 0.3) is 0 Å². The van der Waals surface area contributed by atoms with E-state index in [4.69, 9.17) is 0 Å². The predicted octanol–water partition coefficient (Wildman–Crippen LogP) is 3.97. The highest BCUT2D eigenvalue weighted by atomic mass is 16.2. The van der Waals surface area contributed by atoms with Crippen molar-refractivity contribution in [3.63, 3.8) is 0 Å². The van der Waals surface area contributed by atoms with Crippen LogP contribution in [-0.2, 0) is 17.8 Å². The molecular weight excluding hydrogens is 398 g/mol. The Kier molecular flexibility index (Phi) is 5.44. The molecule has 2 heterocycles. The first-order valence-electron chi connectivity index (χ1n) is 11.9. The van der Waals surface area contributed by atoms with Crippen LogP contribution in [0, 0.1) is 11.3 Å². The quantitative estimate of drug-likeness (QED) is 0.736. The van der Waals surface area contributed by atoms with E-state index in [0.29, 0.717) is 24.9 Å². The predicted molar refractivity (Wildman–Crippen MR) is 127 cm³/mol. The molecule has 168 valence electrons. The van der Waals surface area contributed by atoms with Gasteiger partial charge in [-0.2, -0.15) is 0 Å². The molecular formula is C27H33N3O2. The molecule has 1 spiro atoms. The van der Waals surface area contributed by atoms with Crippen LogP contribution in [0.2, 0.25) is 0 Å². The van der Waals surface area contributed by atoms with Gasteiger partial charge in [0.1, 0.15) is 0 Å². The van der Waals surface area contributed by atoms with Gasteiger partial charge in [0.25, 0.3) is 5.91 Å². The molecule has 1 saturated carbocycles. The first-order valence-corrected chi connectivity index (χ1v) is 11.9. The molecule has 2 aliphatic heterocycles. The first-order chi connectivity index (χ1) is 15.4. The van der Waals surface area contributed by atoms with Gasteiger partial charge in [-0.25, -0.2) is 0 Å². The minimum atomic E-state index is -0.382. The average molecular weight is 432 g/mol. The van der Waals surface area contributed by atoms with Crippen LogP contribution in [-0.4, -0.2) is 55.3 Å². The highest BCUT2D eigenvalue weighted by molar-refractivity contribution is 5.95. The van der Waals surface area contributed by atoms with Gasteiger partial charge >= 0.3 is 0 Å². The summed E-state index contributed by atoms with van der Waals surface area (Å²) in [5.74, 6) is 1.05. The van der Waals surface area contributed by atoms with Crippen LogP contribution in [0.4, 0.5) is 5.69 Å². The van der Waals surface area contributed by atoms with Gasteiger partial charge in [-0.1, -0.05) is 24.3 Å². The van der Waals surface area contributed by atoms with Crippen LogP contribution in [0.1, 0.15) is 47.2 Å². The molecule has 1 saturated heterocycles. The number of nitrogens with zero attached hydrogens (tertiary/aromatic N) is 3. The molecule has 0 radical (unpaired) electrons. The second-order valence-corrected chi connectivity index (χ2v) is 10.1. The zero-order valence-corrected chi connectivity index (χ0v) is 19.2. The number of piperidine rings is 1. The lowest BCUT2D eigenvalue weighted by molar-refractivity contribution is -0.145. The SMILES string of the molecule is CN(C)c1ccc(C(=O)N2CCC3(CC2)Cc2ccccc2CN(CC2CC2)C3=O)cc1. The van der Waals surface area contributed by atoms with Gasteiger partial charge < -0.3 is 14.7 Å². The summed E-state index contributed by atoms with van der Waals surface area (Å²) in [7, 11) is 3.99. The lowest BCUT2D eigenvalue weighted by atomic mass is 9.72. The van der Waals surface area contributed by atoms with Crippen molar-refractivity contribution in [3.8, 4) is 0 Å². The van der Waals surface area contributed by atoms with Crippen molar-refractivity contribution in [2.75, 3.05) is 38.6 Å². The van der Waals surface area contributed by atoms with Crippen molar-refractivity contribution >= 4 is 17.5 Å². The van der Waals surface area contributed by atoms with Gasteiger partial charge in [0, 0.05) is 51.5 Å². The number of fused-ring (bicyclic) bond motifs is 1. The summed E-state index contributed by atoms with van der Waals surface area (Å²) in [4.78, 5) is 33.0. The highest BCUT2D eigenvalue weighted by Crippen LogP contribution is 2.42. The van der Waals surface area contributed by atoms with Crippen LogP contribution in [0.3, 0.4) is 0 Å². The largest absolute Gasteiger partial charge is 0.378 e. The molecule has 5 nitrogen and oxygen atoms in total. The van der Waals surface area contributed by atoms with Crippen molar-refractivity contribution in [3.05, 3.63) is 65.2 Å². The summed E-state index contributed by atoms with van der Waals surface area (Å²) in [5.41, 5.74) is 4.01. The minimum absolute atomic E-state index is 0.0708. The summed E-state index contributed by atoms with van der Waals surface area (Å²) in [6, 6.07) is 16.3. The normalized spacial score (nSPS) is 20.1. The second-order valence-electron chi connectivity index (χ2n) is 10.1. The summed E-state index contributed by atoms with van der Waals surface area (Å²) in [6.07, 6.45) is 4.76. The Hall–Kier alpha value is -2.82. The van der Waals surface area contributed by atoms with Gasteiger partial charge in [0.15, 0.2) is 0 Å². The monoisotopic (exact) mass is 431 g/mol. The van der Waals surface area contributed by atoms with E-state index in [1.54, 1.807) is 0 Å². The molecule has 0 bridgehead atoms. The van der Waals surface area contributed by atoms with E-state index in [1.807, 2.05) is 48.2 Å². The molecule has 2 aromatic rings. The Balaban J connectivity index is 1.34. The fourth-order valence-corrected chi connectivity index (χ4v) is 5.31. The van der Waals surface area contributed by atoms with E-state index in [9.17, 15) is 9.59 Å². The Labute approximate surface area is 191 Å². The number of anilines is 1. The fourth-order valence-electron chi connectivity index (χ4n) is 5.31. The molecule has 5 heteroatoms. The van der Waals surface area contributed by atoms with Crippen molar-refractivity contribution in [2.24, 2.45) is 11.3 Å². The van der Waals surface area contributed by atoms with Gasteiger partial charge in [0.05, 0.1) is 5.41 Å². The maximum absolute atomic E-state index is 13.8. The summed E-state index contributed by atoms with van der Waals surface area (Å²) in [5, 5.41) is 0. The average Bonchev–Trinajstić information content (AvgIpc) is 3.64. The van der Waals surface area contributed by atoms with Crippen molar-refractivity contribution in [1.29, 1.82) is 0 Å². The summed E-state index contributed by atoms with van der Waals surface area (Å²) in [6.45, 7) is 2.89. The van der Waals surface area contributed by atoms with E-state index >= 15 is 0 Å². The molecule has 1 aliphatic carbocycles. The number of hydrogen-bond donors (Lipinski definition) is 0. The summed E-state index contributed by atoms with van der Waals surface area (Å²) >= 11 is 0. The van der Waals surface area contributed by atoms with Gasteiger partial charge in [-0.15, -0.1) is 0 Å². The molecule has 5 rings (SSSR count). The van der Waals surface area contributed by atoms with Gasteiger partial charge in [0.2, 0.25) is 5.91 Å². The Morgan fingerprint density at radius 3 is 2.28 bits per heavy atom. The van der Waals surface area contributed by atoms with Crippen molar-refractivity contribution in [1.82, 2.24) is 9.80 Å².